The smallest absolute Gasteiger partial charge is 0.270 e. The molecule has 0 amide bonds. The third-order valence-electron chi connectivity index (χ3n) is 5.56. The van der Waals surface area contributed by atoms with E-state index in [-0.39, 0.29) is 23.4 Å². The zero-order chi connectivity index (χ0) is 23.7. The van der Waals surface area contributed by atoms with Gasteiger partial charge < -0.3 is 0 Å². The lowest BCUT2D eigenvalue weighted by Gasteiger charge is -2.07. The quantitative estimate of drug-likeness (QED) is 0.184. The molecule has 5 aromatic rings. The van der Waals surface area contributed by atoms with Gasteiger partial charge in [-0.1, -0.05) is 66.7 Å². The van der Waals surface area contributed by atoms with Gasteiger partial charge in [0.1, 0.15) is 4.83 Å². The lowest BCUT2D eigenvalue weighted by molar-refractivity contribution is -0.384. The first-order valence-electron chi connectivity index (χ1n) is 10.4. The highest BCUT2D eigenvalue weighted by Gasteiger charge is 2.17. The second-order valence-corrected chi connectivity index (χ2v) is 8.54. The first-order chi connectivity index (χ1) is 16.5. The highest BCUT2D eigenvalue weighted by molar-refractivity contribution is 7.17. The number of fused-ring (bicyclic) bond motifs is 1. The number of nitrogens with zero attached hydrogens (tertiary/aromatic N) is 3. The number of aromatic nitrogens is 2. The van der Waals surface area contributed by atoms with Crippen LogP contribution < -0.4 is 5.56 Å². The Balaban J connectivity index is 1.48. The van der Waals surface area contributed by atoms with E-state index >= 15 is 0 Å². The molecular weight excluding hydrogens is 450 g/mol. The average molecular weight is 468 g/mol. The fourth-order valence-corrected chi connectivity index (χ4v) is 4.71. The Kier molecular flexibility index (Phi) is 5.57. The monoisotopic (exact) mass is 467 g/mol. The lowest BCUT2D eigenvalue weighted by Crippen LogP contribution is -2.24. The molecule has 0 atom stereocenters. The van der Waals surface area contributed by atoms with E-state index in [1.165, 1.54) is 46.5 Å². The predicted octanol–water partition coefficient (Wildman–Crippen LogP) is 5.58. The number of non-ortho nitro benzene ring substituents is 1. The SMILES string of the molecule is O=C(Cn1cnc2scc(-c3ccc(-c4ccccc4)cc3)c2c1=O)c1cccc([N+](=O)[O-])c1. The molecule has 0 unspecified atom stereocenters. The van der Waals surface area contributed by atoms with Crippen molar-refractivity contribution in [3.05, 3.63) is 117 Å². The van der Waals surface area contributed by atoms with E-state index in [4.69, 9.17) is 0 Å². The molecule has 8 heteroatoms. The summed E-state index contributed by atoms with van der Waals surface area (Å²) in [4.78, 5) is 41.4. The molecule has 0 fully saturated rings. The third kappa shape index (κ3) is 4.02. The molecule has 5 rings (SSSR count). The predicted molar refractivity (Wildman–Crippen MR) is 132 cm³/mol. The van der Waals surface area contributed by atoms with Crippen LogP contribution in [0.3, 0.4) is 0 Å². The summed E-state index contributed by atoms with van der Waals surface area (Å²) in [6.45, 7) is -0.259. The van der Waals surface area contributed by atoms with Crippen LogP contribution in [0.1, 0.15) is 10.4 Å². The van der Waals surface area contributed by atoms with Crippen LogP contribution in [0, 0.1) is 10.1 Å². The van der Waals surface area contributed by atoms with Crippen LogP contribution in [-0.2, 0) is 6.54 Å². The van der Waals surface area contributed by atoms with E-state index in [0.29, 0.717) is 10.2 Å². The number of Topliss-reactive ketones (excluding diaryl/α,β-unsaturated/α-hetero) is 1. The Hall–Kier alpha value is -4.43. The number of nitro benzene ring substituents is 1. The molecule has 0 N–H and O–H groups in total. The van der Waals surface area contributed by atoms with Gasteiger partial charge in [0.15, 0.2) is 5.78 Å². The topological polar surface area (TPSA) is 95.1 Å². The summed E-state index contributed by atoms with van der Waals surface area (Å²) in [6, 6.07) is 23.4. The van der Waals surface area contributed by atoms with Crippen LogP contribution in [0.15, 0.2) is 95.4 Å². The first kappa shape index (κ1) is 21.4. The van der Waals surface area contributed by atoms with Gasteiger partial charge in [0, 0.05) is 28.6 Å². The van der Waals surface area contributed by atoms with E-state index < -0.39 is 10.7 Å². The molecule has 0 bridgehead atoms. The average Bonchev–Trinajstić information content (AvgIpc) is 3.31. The van der Waals surface area contributed by atoms with Crippen molar-refractivity contribution in [1.29, 1.82) is 0 Å². The largest absolute Gasteiger partial charge is 0.292 e. The van der Waals surface area contributed by atoms with Gasteiger partial charge in [-0.15, -0.1) is 11.3 Å². The number of carbonyl (C=O) groups excluding carboxylic acids is 1. The summed E-state index contributed by atoms with van der Waals surface area (Å²) in [5.74, 6) is -0.407. The highest BCUT2D eigenvalue weighted by atomic mass is 32.1. The van der Waals surface area contributed by atoms with Gasteiger partial charge in [-0.05, 0) is 16.7 Å². The molecule has 0 radical (unpaired) electrons. The van der Waals surface area contributed by atoms with E-state index in [0.717, 1.165) is 22.3 Å². The van der Waals surface area contributed by atoms with Crippen molar-refractivity contribution in [1.82, 2.24) is 9.55 Å². The molecule has 34 heavy (non-hydrogen) atoms. The molecule has 0 spiro atoms. The summed E-state index contributed by atoms with van der Waals surface area (Å²) >= 11 is 1.37. The standard InChI is InChI=1S/C26H17N3O4S/c30-23(20-7-4-8-21(13-20)29(32)33)14-28-16-27-25-24(26(28)31)22(15-34-25)19-11-9-18(10-12-19)17-5-2-1-3-6-17/h1-13,15-16H,14H2. The molecule has 0 saturated carbocycles. The Labute approximate surface area is 197 Å². The minimum absolute atomic E-state index is 0.170. The van der Waals surface area contributed by atoms with Crippen molar-refractivity contribution in [2.75, 3.05) is 0 Å². The third-order valence-corrected chi connectivity index (χ3v) is 6.44. The Morgan fingerprint density at radius 3 is 2.38 bits per heavy atom. The molecule has 2 heterocycles. The fraction of sp³-hybridized carbons (Fsp3) is 0.0385. The molecule has 0 aliphatic rings. The highest BCUT2D eigenvalue weighted by Crippen LogP contribution is 2.32. The summed E-state index contributed by atoms with van der Waals surface area (Å²) in [5, 5.41) is 13.4. The van der Waals surface area contributed by atoms with Gasteiger partial charge in [0.2, 0.25) is 0 Å². The van der Waals surface area contributed by atoms with Crippen LogP contribution in [0.4, 0.5) is 5.69 Å². The lowest BCUT2D eigenvalue weighted by atomic mass is 10.0. The number of hydrogen-bond donors (Lipinski definition) is 0. The van der Waals surface area contributed by atoms with Crippen molar-refractivity contribution in [3.63, 3.8) is 0 Å². The molecule has 0 saturated heterocycles. The minimum atomic E-state index is -0.558. The van der Waals surface area contributed by atoms with Crippen molar-refractivity contribution >= 4 is 33.0 Å². The Morgan fingerprint density at radius 2 is 1.65 bits per heavy atom. The van der Waals surface area contributed by atoms with Crippen molar-refractivity contribution in [2.24, 2.45) is 0 Å². The zero-order valence-corrected chi connectivity index (χ0v) is 18.6. The number of nitro groups is 1. The van der Waals surface area contributed by atoms with Crippen LogP contribution in [0.5, 0.6) is 0 Å². The summed E-state index contributed by atoms with van der Waals surface area (Å²) in [6.07, 6.45) is 1.35. The fourth-order valence-electron chi connectivity index (χ4n) is 3.80. The van der Waals surface area contributed by atoms with Gasteiger partial charge in [-0.3, -0.25) is 24.3 Å². The van der Waals surface area contributed by atoms with Crippen molar-refractivity contribution in [2.45, 2.75) is 6.54 Å². The summed E-state index contributed by atoms with van der Waals surface area (Å²) in [7, 11) is 0. The Morgan fingerprint density at radius 1 is 0.941 bits per heavy atom. The Bertz CT molecular complexity index is 1590. The minimum Gasteiger partial charge on any atom is -0.292 e. The second kappa shape index (κ2) is 8.84. The maximum absolute atomic E-state index is 13.3. The number of carbonyl (C=O) groups is 1. The maximum Gasteiger partial charge on any atom is 0.270 e. The molecule has 0 aliphatic heterocycles. The number of hydrogen-bond acceptors (Lipinski definition) is 6. The summed E-state index contributed by atoms with van der Waals surface area (Å²) in [5.41, 5.74) is 3.48. The second-order valence-electron chi connectivity index (χ2n) is 7.68. The molecular formula is C26H17N3O4S. The maximum atomic E-state index is 13.3. The normalized spacial score (nSPS) is 10.9. The van der Waals surface area contributed by atoms with Gasteiger partial charge in [-0.25, -0.2) is 4.98 Å². The van der Waals surface area contributed by atoms with Crippen molar-refractivity contribution in [3.8, 4) is 22.3 Å². The van der Waals surface area contributed by atoms with E-state index in [1.54, 1.807) is 0 Å². The zero-order valence-electron chi connectivity index (χ0n) is 17.8. The van der Waals surface area contributed by atoms with Gasteiger partial charge >= 0.3 is 0 Å². The molecule has 3 aromatic carbocycles. The van der Waals surface area contributed by atoms with Crippen LogP contribution >= 0.6 is 11.3 Å². The van der Waals surface area contributed by atoms with E-state index in [1.807, 2.05) is 60.0 Å². The first-order valence-corrected chi connectivity index (χ1v) is 11.3. The van der Waals surface area contributed by atoms with Crippen LogP contribution in [0.25, 0.3) is 32.5 Å². The van der Waals surface area contributed by atoms with E-state index in [9.17, 15) is 19.7 Å². The van der Waals surface area contributed by atoms with Crippen molar-refractivity contribution < 1.29 is 9.72 Å². The van der Waals surface area contributed by atoms with Gasteiger partial charge in [0.05, 0.1) is 23.2 Å². The van der Waals surface area contributed by atoms with Gasteiger partial charge in [0.25, 0.3) is 11.2 Å². The van der Waals surface area contributed by atoms with E-state index in [2.05, 4.69) is 4.98 Å². The molecule has 2 aromatic heterocycles. The molecule has 7 nitrogen and oxygen atoms in total. The van der Waals surface area contributed by atoms with Gasteiger partial charge in [-0.2, -0.15) is 0 Å². The number of benzene rings is 3. The molecule has 166 valence electrons. The molecule has 0 aliphatic carbocycles. The van der Waals surface area contributed by atoms with Crippen LogP contribution in [-0.4, -0.2) is 20.3 Å². The number of ketones is 1. The number of thiophene rings is 1. The number of rotatable bonds is 6. The van der Waals surface area contributed by atoms with Crippen LogP contribution in [0.2, 0.25) is 0 Å². The summed E-state index contributed by atoms with van der Waals surface area (Å²) < 4.78 is 1.25.